The maximum Gasteiger partial charge on any atom is 0.250 e. The van der Waals surface area contributed by atoms with Crippen molar-refractivity contribution in [2.75, 3.05) is 31.5 Å². The van der Waals surface area contributed by atoms with Gasteiger partial charge >= 0.3 is 0 Å². The fraction of sp³-hybridized carbons (Fsp3) is 0.300. The van der Waals surface area contributed by atoms with Crippen LogP contribution in [-0.2, 0) is 20.7 Å². The number of carbonyl (C=O) groups is 2. The lowest BCUT2D eigenvalue weighted by Crippen LogP contribution is -2.37. The molecule has 0 fully saturated rings. The van der Waals surface area contributed by atoms with Gasteiger partial charge in [0, 0.05) is 18.5 Å². The van der Waals surface area contributed by atoms with Gasteiger partial charge in [0.1, 0.15) is 12.4 Å². The highest BCUT2D eigenvalue weighted by atomic mass is 16.5. The SMILES string of the molecule is COCC(=O)Nc1ccc(NC(=O)[C@@H](N)Cc2ccc(OC)cc2)cc1C. The molecule has 2 rings (SSSR count). The maximum atomic E-state index is 12.4. The van der Waals surface area contributed by atoms with Crippen molar-refractivity contribution in [1.82, 2.24) is 0 Å². The van der Waals surface area contributed by atoms with Crippen molar-refractivity contribution < 1.29 is 19.1 Å². The number of hydrogen-bond donors (Lipinski definition) is 3. The third-order valence-corrected chi connectivity index (χ3v) is 3.99. The zero-order valence-electron chi connectivity index (χ0n) is 15.7. The van der Waals surface area contributed by atoms with Crippen molar-refractivity contribution in [2.45, 2.75) is 19.4 Å². The van der Waals surface area contributed by atoms with Crippen molar-refractivity contribution in [2.24, 2.45) is 5.73 Å². The lowest BCUT2D eigenvalue weighted by Gasteiger charge is -2.14. The number of nitrogens with two attached hydrogens (primary N) is 1. The minimum atomic E-state index is -0.681. The molecule has 1 atom stereocenters. The third-order valence-electron chi connectivity index (χ3n) is 3.99. The molecule has 144 valence electrons. The molecule has 0 saturated carbocycles. The van der Waals surface area contributed by atoms with Gasteiger partial charge in [0.2, 0.25) is 11.8 Å². The van der Waals surface area contributed by atoms with E-state index in [1.54, 1.807) is 25.3 Å². The minimum absolute atomic E-state index is 0.0157. The Bertz CT molecular complexity index is 790. The second kappa shape index (κ2) is 9.70. The molecular weight excluding hydrogens is 346 g/mol. The van der Waals surface area contributed by atoms with Crippen LogP contribution >= 0.6 is 0 Å². The number of methoxy groups -OCH3 is 2. The van der Waals surface area contributed by atoms with E-state index in [9.17, 15) is 9.59 Å². The van der Waals surface area contributed by atoms with Gasteiger partial charge in [-0.15, -0.1) is 0 Å². The van der Waals surface area contributed by atoms with Gasteiger partial charge in [-0.3, -0.25) is 9.59 Å². The fourth-order valence-corrected chi connectivity index (χ4v) is 2.54. The summed E-state index contributed by atoms with van der Waals surface area (Å²) in [4.78, 5) is 24.0. The van der Waals surface area contributed by atoms with Gasteiger partial charge in [-0.05, 0) is 54.8 Å². The second-order valence-electron chi connectivity index (χ2n) is 6.16. The van der Waals surface area contributed by atoms with Crippen LogP contribution in [0.2, 0.25) is 0 Å². The summed E-state index contributed by atoms with van der Waals surface area (Å²) in [5.41, 5.74) is 9.07. The van der Waals surface area contributed by atoms with E-state index in [1.807, 2.05) is 31.2 Å². The normalized spacial score (nSPS) is 11.6. The molecule has 0 radical (unpaired) electrons. The first-order chi connectivity index (χ1) is 12.9. The lowest BCUT2D eigenvalue weighted by atomic mass is 10.1. The fourth-order valence-electron chi connectivity index (χ4n) is 2.54. The van der Waals surface area contributed by atoms with Crippen LogP contribution in [0.25, 0.3) is 0 Å². The molecule has 0 aliphatic heterocycles. The van der Waals surface area contributed by atoms with Crippen LogP contribution in [0.4, 0.5) is 11.4 Å². The molecule has 7 heteroatoms. The Morgan fingerprint density at radius 1 is 1.07 bits per heavy atom. The number of benzene rings is 2. The smallest absolute Gasteiger partial charge is 0.250 e. The molecule has 0 aromatic heterocycles. The molecule has 0 aliphatic rings. The number of rotatable bonds is 8. The van der Waals surface area contributed by atoms with Gasteiger partial charge in [-0.1, -0.05) is 12.1 Å². The van der Waals surface area contributed by atoms with E-state index in [2.05, 4.69) is 10.6 Å². The number of ether oxygens (including phenoxy) is 2. The van der Waals surface area contributed by atoms with Crippen LogP contribution in [0.1, 0.15) is 11.1 Å². The molecule has 27 heavy (non-hydrogen) atoms. The van der Waals surface area contributed by atoms with Gasteiger partial charge in [-0.2, -0.15) is 0 Å². The molecule has 7 nitrogen and oxygen atoms in total. The number of amides is 2. The molecule has 2 aromatic carbocycles. The Kier molecular flexibility index (Phi) is 7.34. The first-order valence-electron chi connectivity index (χ1n) is 8.51. The van der Waals surface area contributed by atoms with E-state index >= 15 is 0 Å². The van der Waals surface area contributed by atoms with Gasteiger partial charge in [-0.25, -0.2) is 0 Å². The molecule has 0 bridgehead atoms. The van der Waals surface area contributed by atoms with Crippen molar-refractivity contribution in [1.29, 1.82) is 0 Å². The van der Waals surface area contributed by atoms with E-state index in [0.29, 0.717) is 17.8 Å². The Morgan fingerprint density at radius 3 is 2.37 bits per heavy atom. The number of nitrogens with one attached hydrogen (secondary N) is 2. The minimum Gasteiger partial charge on any atom is -0.497 e. The summed E-state index contributed by atoms with van der Waals surface area (Å²) in [6, 6.07) is 12.0. The zero-order chi connectivity index (χ0) is 19.8. The van der Waals surface area contributed by atoms with E-state index in [1.165, 1.54) is 7.11 Å². The highest BCUT2D eigenvalue weighted by Crippen LogP contribution is 2.20. The van der Waals surface area contributed by atoms with Gasteiger partial charge in [0.05, 0.1) is 13.2 Å². The topological polar surface area (TPSA) is 103 Å². The van der Waals surface area contributed by atoms with E-state index < -0.39 is 6.04 Å². The van der Waals surface area contributed by atoms with E-state index in [-0.39, 0.29) is 18.4 Å². The van der Waals surface area contributed by atoms with Crippen LogP contribution in [0, 0.1) is 6.92 Å². The molecule has 0 aliphatic carbocycles. The number of anilines is 2. The van der Waals surface area contributed by atoms with Crippen LogP contribution in [-0.4, -0.2) is 38.7 Å². The molecule has 0 heterocycles. The highest BCUT2D eigenvalue weighted by Gasteiger charge is 2.15. The molecule has 0 unspecified atom stereocenters. The molecular formula is C20H25N3O4. The van der Waals surface area contributed by atoms with Gasteiger partial charge in [0.25, 0.3) is 0 Å². The number of hydrogen-bond acceptors (Lipinski definition) is 5. The summed E-state index contributed by atoms with van der Waals surface area (Å²) < 4.78 is 9.91. The molecule has 4 N–H and O–H groups in total. The first kappa shape index (κ1) is 20.4. The average Bonchev–Trinajstić information content (AvgIpc) is 2.64. The predicted octanol–water partition coefficient (Wildman–Crippen LogP) is 2.10. The summed E-state index contributed by atoms with van der Waals surface area (Å²) >= 11 is 0. The summed E-state index contributed by atoms with van der Waals surface area (Å²) in [5, 5.41) is 5.55. The molecule has 2 amide bonds. The van der Waals surface area contributed by atoms with Crippen LogP contribution in [0.3, 0.4) is 0 Å². The van der Waals surface area contributed by atoms with Crippen molar-refractivity contribution in [3.8, 4) is 5.75 Å². The van der Waals surface area contributed by atoms with E-state index in [4.69, 9.17) is 15.2 Å². The van der Waals surface area contributed by atoms with Crippen molar-refractivity contribution in [3.05, 3.63) is 53.6 Å². The van der Waals surface area contributed by atoms with E-state index in [0.717, 1.165) is 16.9 Å². The standard InChI is InChI=1S/C20H25N3O4/c1-13-10-15(6-9-18(13)23-19(24)12-26-2)22-20(25)17(21)11-14-4-7-16(27-3)8-5-14/h4-10,17H,11-12,21H2,1-3H3,(H,22,25)(H,23,24)/t17-/m0/s1. The predicted molar refractivity (Wildman–Crippen MR) is 105 cm³/mol. The van der Waals surface area contributed by atoms with Gasteiger partial charge < -0.3 is 25.8 Å². The molecule has 2 aromatic rings. The largest absolute Gasteiger partial charge is 0.497 e. The van der Waals surface area contributed by atoms with Gasteiger partial charge in [0.15, 0.2) is 0 Å². The third kappa shape index (κ3) is 6.09. The van der Waals surface area contributed by atoms with Crippen LogP contribution < -0.4 is 21.1 Å². The maximum absolute atomic E-state index is 12.4. The van der Waals surface area contributed by atoms with Crippen LogP contribution in [0.5, 0.6) is 5.75 Å². The van der Waals surface area contributed by atoms with Crippen LogP contribution in [0.15, 0.2) is 42.5 Å². The summed E-state index contributed by atoms with van der Waals surface area (Å²) in [7, 11) is 3.06. The van der Waals surface area contributed by atoms with Crippen molar-refractivity contribution in [3.63, 3.8) is 0 Å². The quantitative estimate of drug-likeness (QED) is 0.659. The average molecular weight is 371 g/mol. The summed E-state index contributed by atoms with van der Waals surface area (Å²) in [6.45, 7) is 1.83. The Hall–Kier alpha value is -2.90. The number of carbonyl (C=O) groups excluding carboxylic acids is 2. The summed E-state index contributed by atoms with van der Waals surface area (Å²) in [5.74, 6) is 0.241. The van der Waals surface area contributed by atoms with Crippen molar-refractivity contribution >= 4 is 23.2 Å². The highest BCUT2D eigenvalue weighted by molar-refractivity contribution is 5.96. The molecule has 0 saturated heterocycles. The zero-order valence-corrected chi connectivity index (χ0v) is 15.7. The number of aryl methyl sites for hydroxylation is 1. The Morgan fingerprint density at radius 2 is 1.78 bits per heavy atom. The summed E-state index contributed by atoms with van der Waals surface area (Å²) in [6.07, 6.45) is 0.417. The lowest BCUT2D eigenvalue weighted by molar-refractivity contribution is -0.119. The molecule has 0 spiro atoms. The Balaban J connectivity index is 1.95. The Labute approximate surface area is 158 Å². The monoisotopic (exact) mass is 371 g/mol. The first-order valence-corrected chi connectivity index (χ1v) is 8.51. The second-order valence-corrected chi connectivity index (χ2v) is 6.16.